The molecule has 0 saturated carbocycles. The zero-order valence-corrected chi connectivity index (χ0v) is 13.8. The second-order valence-electron chi connectivity index (χ2n) is 6.46. The molecule has 1 aromatic carbocycles. The summed E-state index contributed by atoms with van der Waals surface area (Å²) in [6.07, 6.45) is 1.35. The lowest BCUT2D eigenvalue weighted by molar-refractivity contribution is -0.0252. The van der Waals surface area contributed by atoms with Crippen molar-refractivity contribution in [3.8, 4) is 0 Å². The van der Waals surface area contributed by atoms with E-state index in [1.54, 1.807) is 31.2 Å². The van der Waals surface area contributed by atoms with E-state index in [9.17, 15) is 9.90 Å². The summed E-state index contributed by atoms with van der Waals surface area (Å²) in [6, 6.07) is 6.85. The van der Waals surface area contributed by atoms with Crippen LogP contribution in [-0.2, 0) is 0 Å². The number of carbonyl (C=O) groups excluding carboxylic acids is 1. The average molecular weight is 311 g/mol. The highest BCUT2D eigenvalue weighted by molar-refractivity contribution is 6.30. The van der Waals surface area contributed by atoms with Gasteiger partial charge in [0, 0.05) is 29.2 Å². The number of anilines is 1. The molecule has 1 heterocycles. The zero-order chi connectivity index (χ0) is 15.8. The predicted octanol–water partition coefficient (Wildman–Crippen LogP) is 3.87. The lowest BCUT2D eigenvalue weighted by Gasteiger charge is -2.53. The van der Waals surface area contributed by atoms with Crippen LogP contribution in [0.2, 0.25) is 5.02 Å². The monoisotopic (exact) mass is 310 g/mol. The van der Waals surface area contributed by atoms with Crippen molar-refractivity contribution in [3.63, 3.8) is 0 Å². The van der Waals surface area contributed by atoms with E-state index in [4.69, 9.17) is 11.6 Å². The molecule has 0 aromatic heterocycles. The number of hydrogen-bond donors (Lipinski definition) is 1. The Morgan fingerprint density at radius 3 is 2.57 bits per heavy atom. The van der Waals surface area contributed by atoms with Gasteiger partial charge in [-0.1, -0.05) is 24.6 Å². The molecule has 1 N–H and O–H groups in total. The van der Waals surface area contributed by atoms with E-state index in [1.165, 1.54) is 4.90 Å². The molecule has 1 aromatic rings. The van der Waals surface area contributed by atoms with E-state index in [-0.39, 0.29) is 11.6 Å². The molecule has 0 spiro atoms. The highest BCUT2D eigenvalue weighted by atomic mass is 35.5. The van der Waals surface area contributed by atoms with E-state index >= 15 is 0 Å². The van der Waals surface area contributed by atoms with Crippen LogP contribution >= 0.6 is 11.6 Å². The first-order valence-corrected chi connectivity index (χ1v) is 7.66. The highest BCUT2D eigenvalue weighted by Crippen LogP contribution is 2.39. The van der Waals surface area contributed by atoms with Crippen LogP contribution in [0.1, 0.15) is 40.5 Å². The molecule has 116 valence electrons. The number of halogens is 1. The molecule has 2 amide bonds. The second kappa shape index (κ2) is 5.50. The van der Waals surface area contributed by atoms with Crippen molar-refractivity contribution >= 4 is 23.3 Å². The smallest absolute Gasteiger partial charge is 0.327 e. The largest absolute Gasteiger partial charge is 0.371 e. The maximum Gasteiger partial charge on any atom is 0.327 e. The van der Waals surface area contributed by atoms with Gasteiger partial charge in [-0.05, 0) is 45.4 Å². The first kappa shape index (κ1) is 16.1. The van der Waals surface area contributed by atoms with Crippen LogP contribution in [0.4, 0.5) is 10.5 Å². The summed E-state index contributed by atoms with van der Waals surface area (Å²) in [4.78, 5) is 16.2. The number of amides is 2. The molecule has 4 nitrogen and oxygen atoms in total. The van der Waals surface area contributed by atoms with Gasteiger partial charge >= 0.3 is 6.03 Å². The fourth-order valence-corrected chi connectivity index (χ4v) is 3.39. The van der Waals surface area contributed by atoms with Crippen molar-refractivity contribution in [1.29, 1.82) is 0 Å². The van der Waals surface area contributed by atoms with E-state index in [1.807, 2.05) is 25.7 Å². The van der Waals surface area contributed by atoms with Gasteiger partial charge in [-0.2, -0.15) is 0 Å². The minimum Gasteiger partial charge on any atom is -0.371 e. The van der Waals surface area contributed by atoms with Gasteiger partial charge in [-0.25, -0.2) is 4.79 Å². The van der Waals surface area contributed by atoms with Crippen LogP contribution in [0.3, 0.4) is 0 Å². The summed E-state index contributed by atoms with van der Waals surface area (Å²) >= 11 is 6.03. The first-order chi connectivity index (χ1) is 9.69. The summed E-state index contributed by atoms with van der Waals surface area (Å²) in [6.45, 7) is 8.37. The van der Waals surface area contributed by atoms with Gasteiger partial charge < -0.3 is 10.0 Å². The second-order valence-corrected chi connectivity index (χ2v) is 6.89. The van der Waals surface area contributed by atoms with Crippen LogP contribution in [0.25, 0.3) is 0 Å². The normalized spacial score (nSPS) is 25.3. The van der Waals surface area contributed by atoms with E-state index in [0.717, 1.165) is 6.42 Å². The van der Waals surface area contributed by atoms with Crippen LogP contribution in [-0.4, -0.2) is 33.8 Å². The van der Waals surface area contributed by atoms with Gasteiger partial charge in [0.2, 0.25) is 0 Å². The number of nitrogens with zero attached hydrogens (tertiary/aromatic N) is 2. The number of aliphatic hydroxyl groups is 1. The molecule has 0 aliphatic carbocycles. The standard InChI is InChI=1S/C16H23ClN2O2/c1-5-9-18-14(20)19(13-8-6-7-12(17)10-13)16(4,21)11-15(18,2)3/h6-8,10,21H,5,9,11H2,1-4H3/t16-/m0/s1. The van der Waals surface area contributed by atoms with E-state index < -0.39 is 5.72 Å². The Morgan fingerprint density at radius 2 is 2.00 bits per heavy atom. The fourth-order valence-electron chi connectivity index (χ4n) is 3.21. The summed E-state index contributed by atoms with van der Waals surface area (Å²) in [5.74, 6) is 0. The molecule has 0 unspecified atom stereocenters. The molecule has 0 radical (unpaired) electrons. The number of rotatable bonds is 3. The molecule has 21 heavy (non-hydrogen) atoms. The molecule has 1 fully saturated rings. The molecular weight excluding hydrogens is 288 g/mol. The molecule has 2 rings (SSSR count). The quantitative estimate of drug-likeness (QED) is 0.921. The van der Waals surface area contributed by atoms with Crippen molar-refractivity contribution in [2.75, 3.05) is 11.4 Å². The number of urea groups is 1. The van der Waals surface area contributed by atoms with Crippen molar-refractivity contribution in [3.05, 3.63) is 29.3 Å². The lowest BCUT2D eigenvalue weighted by Crippen LogP contribution is -2.68. The molecule has 1 atom stereocenters. The van der Waals surface area contributed by atoms with Crippen LogP contribution in [0, 0.1) is 0 Å². The number of carbonyl (C=O) groups is 1. The van der Waals surface area contributed by atoms with E-state index in [0.29, 0.717) is 23.7 Å². The molecule has 1 aliphatic heterocycles. The summed E-state index contributed by atoms with van der Waals surface area (Å²) in [5, 5.41) is 11.4. The van der Waals surface area contributed by atoms with Crippen molar-refractivity contribution in [2.24, 2.45) is 0 Å². The van der Waals surface area contributed by atoms with Crippen molar-refractivity contribution in [2.45, 2.75) is 51.8 Å². The van der Waals surface area contributed by atoms with Gasteiger partial charge in [0.05, 0.1) is 0 Å². The van der Waals surface area contributed by atoms with Crippen LogP contribution in [0.15, 0.2) is 24.3 Å². The molecule has 0 bridgehead atoms. The summed E-state index contributed by atoms with van der Waals surface area (Å²) in [7, 11) is 0. The average Bonchev–Trinajstić information content (AvgIpc) is 2.32. The third kappa shape index (κ3) is 3.01. The SMILES string of the molecule is CCCN1C(=O)N(c2cccc(Cl)c2)[C@@](C)(O)CC1(C)C. The topological polar surface area (TPSA) is 43.8 Å². The van der Waals surface area contributed by atoms with Crippen molar-refractivity contribution in [1.82, 2.24) is 4.90 Å². The molecule has 1 saturated heterocycles. The fraction of sp³-hybridized carbons (Fsp3) is 0.562. The van der Waals surface area contributed by atoms with Gasteiger partial charge in [-0.3, -0.25) is 4.90 Å². The Balaban J connectivity index is 2.46. The lowest BCUT2D eigenvalue weighted by atomic mass is 9.87. The third-order valence-electron chi connectivity index (χ3n) is 3.92. The first-order valence-electron chi connectivity index (χ1n) is 7.29. The Bertz CT molecular complexity index is 543. The van der Waals surface area contributed by atoms with Gasteiger partial charge in [0.1, 0.15) is 5.72 Å². The van der Waals surface area contributed by atoms with Gasteiger partial charge in [0.25, 0.3) is 0 Å². The minimum atomic E-state index is -1.24. The zero-order valence-electron chi connectivity index (χ0n) is 13.1. The Hall–Kier alpha value is -1.26. The minimum absolute atomic E-state index is 0.180. The Labute approximate surface area is 131 Å². The Morgan fingerprint density at radius 1 is 1.33 bits per heavy atom. The van der Waals surface area contributed by atoms with Gasteiger partial charge in [-0.15, -0.1) is 0 Å². The maximum atomic E-state index is 12.9. The molecular formula is C16H23ClN2O2. The Kier molecular flexibility index (Phi) is 4.22. The number of benzene rings is 1. The highest BCUT2D eigenvalue weighted by Gasteiger charge is 2.50. The predicted molar refractivity (Wildman–Crippen MR) is 85.6 cm³/mol. The van der Waals surface area contributed by atoms with Crippen LogP contribution in [0.5, 0.6) is 0 Å². The number of hydrogen-bond acceptors (Lipinski definition) is 2. The molecule has 1 aliphatic rings. The van der Waals surface area contributed by atoms with Crippen molar-refractivity contribution < 1.29 is 9.90 Å². The summed E-state index contributed by atoms with van der Waals surface area (Å²) < 4.78 is 0. The third-order valence-corrected chi connectivity index (χ3v) is 4.15. The van der Waals surface area contributed by atoms with Crippen LogP contribution < -0.4 is 4.90 Å². The summed E-state index contributed by atoms with van der Waals surface area (Å²) in [5.41, 5.74) is -1.00. The van der Waals surface area contributed by atoms with E-state index in [2.05, 4.69) is 0 Å². The molecule has 5 heteroatoms. The maximum absolute atomic E-state index is 12.9. The van der Waals surface area contributed by atoms with Gasteiger partial charge in [0.15, 0.2) is 0 Å².